The fourth-order valence-electron chi connectivity index (χ4n) is 4.05. The molecule has 0 atom stereocenters. The molecule has 0 aliphatic carbocycles. The molecule has 0 unspecified atom stereocenters. The molecule has 8 heteroatoms. The van der Waals surface area contributed by atoms with Crippen LogP contribution >= 0.6 is 0 Å². The van der Waals surface area contributed by atoms with Gasteiger partial charge < -0.3 is 15.0 Å². The first-order valence-corrected chi connectivity index (χ1v) is 11.4. The van der Waals surface area contributed by atoms with E-state index in [9.17, 15) is 12.8 Å². The van der Waals surface area contributed by atoms with Gasteiger partial charge in [0.2, 0.25) is 0 Å². The van der Waals surface area contributed by atoms with Crippen molar-refractivity contribution in [1.82, 2.24) is 10.2 Å². The van der Waals surface area contributed by atoms with Crippen molar-refractivity contribution in [2.24, 2.45) is 4.99 Å². The van der Waals surface area contributed by atoms with E-state index in [-0.39, 0.29) is 17.0 Å². The third-order valence-corrected chi connectivity index (χ3v) is 8.56. The van der Waals surface area contributed by atoms with Crippen molar-refractivity contribution in [2.75, 3.05) is 45.6 Å². The predicted molar refractivity (Wildman–Crippen MR) is 109 cm³/mol. The number of nitrogens with zero attached hydrogens (tertiary/aromatic N) is 2. The van der Waals surface area contributed by atoms with E-state index in [1.807, 2.05) is 11.0 Å². The number of halogens is 1. The van der Waals surface area contributed by atoms with Gasteiger partial charge in [0.05, 0.1) is 10.5 Å². The molecule has 2 fully saturated rings. The van der Waals surface area contributed by atoms with Crippen LogP contribution in [0.15, 0.2) is 29.3 Å². The van der Waals surface area contributed by atoms with E-state index in [1.165, 1.54) is 6.07 Å². The molecular weight excluding hydrogens is 381 g/mol. The molecule has 0 radical (unpaired) electrons. The Morgan fingerprint density at radius 3 is 2.64 bits per heavy atom. The molecule has 1 N–H and O–H groups in total. The minimum absolute atomic E-state index is 0.115. The van der Waals surface area contributed by atoms with Crippen LogP contribution in [0.4, 0.5) is 4.39 Å². The fraction of sp³-hybridized carbons (Fsp3) is 0.650. The van der Waals surface area contributed by atoms with E-state index in [1.54, 1.807) is 33.0 Å². The molecule has 6 nitrogen and oxygen atoms in total. The number of sulfone groups is 1. The van der Waals surface area contributed by atoms with Crippen LogP contribution in [0.5, 0.6) is 0 Å². The number of nitrogens with one attached hydrogen (secondary N) is 1. The van der Waals surface area contributed by atoms with Crippen LogP contribution in [0.25, 0.3) is 0 Å². The van der Waals surface area contributed by atoms with E-state index < -0.39 is 14.6 Å². The van der Waals surface area contributed by atoms with Gasteiger partial charge in [-0.15, -0.1) is 0 Å². The maximum atomic E-state index is 13.9. The van der Waals surface area contributed by atoms with Crippen LogP contribution in [-0.4, -0.2) is 69.7 Å². The van der Waals surface area contributed by atoms with Crippen molar-refractivity contribution >= 4 is 15.8 Å². The highest BCUT2D eigenvalue weighted by Crippen LogP contribution is 2.35. The zero-order chi connectivity index (χ0) is 20.4. The molecule has 2 heterocycles. The molecule has 2 saturated heterocycles. The number of guanidine groups is 1. The van der Waals surface area contributed by atoms with Crippen molar-refractivity contribution in [3.05, 3.63) is 35.6 Å². The number of benzene rings is 1. The molecule has 1 aromatic rings. The summed E-state index contributed by atoms with van der Waals surface area (Å²) in [6.45, 7) is 6.18. The van der Waals surface area contributed by atoms with Crippen molar-refractivity contribution in [3.8, 4) is 0 Å². The topological polar surface area (TPSA) is 71.0 Å². The molecule has 2 aliphatic rings. The van der Waals surface area contributed by atoms with Crippen LogP contribution in [0.3, 0.4) is 0 Å². The van der Waals surface area contributed by atoms with E-state index in [2.05, 4.69) is 10.3 Å². The first-order valence-electron chi connectivity index (χ1n) is 9.71. The molecule has 0 aromatic heterocycles. The molecule has 1 aromatic carbocycles. The van der Waals surface area contributed by atoms with Gasteiger partial charge in [0.15, 0.2) is 15.8 Å². The smallest absolute Gasteiger partial charge is 0.193 e. The average molecular weight is 412 g/mol. The Bertz CT molecular complexity index is 833. The number of hydrogen-bond acceptors (Lipinski definition) is 4. The second kappa shape index (κ2) is 7.99. The summed E-state index contributed by atoms with van der Waals surface area (Å²) < 4.78 is 43.2. The third-order valence-electron chi connectivity index (χ3n) is 6.03. The average Bonchev–Trinajstić information content (AvgIpc) is 2.66. The molecule has 2 aliphatic heterocycles. The molecule has 0 saturated carbocycles. The normalized spacial score (nSPS) is 24.0. The highest BCUT2D eigenvalue weighted by molar-refractivity contribution is 7.92. The fourth-order valence-corrected chi connectivity index (χ4v) is 5.42. The molecule has 0 amide bonds. The predicted octanol–water partition coefficient (Wildman–Crippen LogP) is 1.96. The summed E-state index contributed by atoms with van der Waals surface area (Å²) in [5, 5.41) is 3.44. The van der Waals surface area contributed by atoms with Gasteiger partial charge in [-0.3, -0.25) is 4.99 Å². The van der Waals surface area contributed by atoms with Gasteiger partial charge in [0.25, 0.3) is 0 Å². The van der Waals surface area contributed by atoms with Gasteiger partial charge in [0, 0.05) is 45.3 Å². The Balaban J connectivity index is 1.77. The quantitative estimate of drug-likeness (QED) is 0.608. The maximum absolute atomic E-state index is 13.9. The summed E-state index contributed by atoms with van der Waals surface area (Å²) in [5.74, 6) is 0.560. The molecule has 0 spiro atoms. The first kappa shape index (κ1) is 21.0. The van der Waals surface area contributed by atoms with E-state index in [0.29, 0.717) is 38.8 Å². The molecule has 3 rings (SSSR count). The summed E-state index contributed by atoms with van der Waals surface area (Å²) >= 11 is 0. The lowest BCUT2D eigenvalue weighted by Crippen LogP contribution is -2.58. The van der Waals surface area contributed by atoms with Gasteiger partial charge >= 0.3 is 0 Å². The Kier molecular flexibility index (Phi) is 6.00. The Morgan fingerprint density at radius 1 is 1.32 bits per heavy atom. The molecule has 156 valence electrons. The standard InChI is InChI=1S/C20H30FN3O3S/c1-19(2)15-24(9-12-28(19,25)26)18(22-3)23-14-20(7-10-27-11-8-20)16-5-4-6-17(21)13-16/h4-6,13H,7-12,14-15H2,1-3H3,(H,22,23). The van der Waals surface area contributed by atoms with Crippen molar-refractivity contribution < 1.29 is 17.5 Å². The van der Waals surface area contributed by atoms with Crippen LogP contribution in [0, 0.1) is 5.82 Å². The second-order valence-corrected chi connectivity index (χ2v) is 11.0. The number of ether oxygens (including phenoxy) is 1. The van der Waals surface area contributed by atoms with Crippen LogP contribution in [-0.2, 0) is 20.0 Å². The van der Waals surface area contributed by atoms with Crippen molar-refractivity contribution in [3.63, 3.8) is 0 Å². The Labute approximate surface area is 167 Å². The summed E-state index contributed by atoms with van der Waals surface area (Å²) in [6, 6.07) is 6.77. The van der Waals surface area contributed by atoms with Gasteiger partial charge in [-0.05, 0) is 44.4 Å². The minimum Gasteiger partial charge on any atom is -0.381 e. The zero-order valence-corrected chi connectivity index (χ0v) is 17.7. The van der Waals surface area contributed by atoms with E-state index in [4.69, 9.17) is 4.74 Å². The van der Waals surface area contributed by atoms with Crippen LogP contribution in [0.2, 0.25) is 0 Å². The molecule has 28 heavy (non-hydrogen) atoms. The SMILES string of the molecule is CN=C(NCC1(c2cccc(F)c2)CCOCC1)N1CCS(=O)(=O)C(C)(C)C1. The Hall–Kier alpha value is -1.67. The lowest BCUT2D eigenvalue weighted by atomic mass is 9.74. The molecule has 0 bridgehead atoms. The number of rotatable bonds is 3. The van der Waals surface area contributed by atoms with Crippen LogP contribution in [0.1, 0.15) is 32.3 Å². The zero-order valence-electron chi connectivity index (χ0n) is 16.9. The lowest BCUT2D eigenvalue weighted by molar-refractivity contribution is 0.0510. The highest BCUT2D eigenvalue weighted by Gasteiger charge is 2.41. The second-order valence-electron chi connectivity index (χ2n) is 8.30. The number of hydrogen-bond donors (Lipinski definition) is 1. The van der Waals surface area contributed by atoms with Gasteiger partial charge in [-0.25, -0.2) is 12.8 Å². The summed E-state index contributed by atoms with van der Waals surface area (Å²) in [4.78, 5) is 6.38. The third kappa shape index (κ3) is 4.17. The molecular formula is C20H30FN3O3S. The minimum atomic E-state index is -3.11. The summed E-state index contributed by atoms with van der Waals surface area (Å²) in [7, 11) is -1.41. The van der Waals surface area contributed by atoms with Crippen LogP contribution < -0.4 is 5.32 Å². The Morgan fingerprint density at radius 2 is 2.04 bits per heavy atom. The van der Waals surface area contributed by atoms with Gasteiger partial charge in [0.1, 0.15) is 5.82 Å². The van der Waals surface area contributed by atoms with Gasteiger partial charge in [-0.2, -0.15) is 0 Å². The van der Waals surface area contributed by atoms with Crippen molar-refractivity contribution in [1.29, 1.82) is 0 Å². The maximum Gasteiger partial charge on any atom is 0.193 e. The van der Waals surface area contributed by atoms with Crippen molar-refractivity contribution in [2.45, 2.75) is 36.9 Å². The van der Waals surface area contributed by atoms with E-state index >= 15 is 0 Å². The summed E-state index contributed by atoms with van der Waals surface area (Å²) in [6.07, 6.45) is 1.58. The lowest BCUT2D eigenvalue weighted by Gasteiger charge is -2.42. The monoisotopic (exact) mass is 411 g/mol. The first-order chi connectivity index (χ1) is 13.2. The largest absolute Gasteiger partial charge is 0.381 e. The number of aliphatic imine (C=N–C) groups is 1. The van der Waals surface area contributed by atoms with E-state index in [0.717, 1.165) is 18.4 Å². The summed E-state index contributed by atoms with van der Waals surface area (Å²) in [5.41, 5.74) is 0.716. The van der Waals surface area contributed by atoms with Gasteiger partial charge in [-0.1, -0.05) is 12.1 Å². The highest BCUT2D eigenvalue weighted by atomic mass is 32.2.